The van der Waals surface area contributed by atoms with E-state index in [0.717, 1.165) is 0 Å². The predicted octanol–water partition coefficient (Wildman–Crippen LogP) is 1.65. The van der Waals surface area contributed by atoms with E-state index in [2.05, 4.69) is 5.10 Å². The van der Waals surface area contributed by atoms with E-state index in [-0.39, 0.29) is 18.7 Å². The van der Waals surface area contributed by atoms with Crippen LogP contribution in [0.4, 0.5) is 13.2 Å². The zero-order valence-electron chi connectivity index (χ0n) is 9.94. The van der Waals surface area contributed by atoms with Crippen LogP contribution in [-0.2, 0) is 18.3 Å². The number of rotatable bonds is 5. The molecule has 1 aromatic heterocycles. The standard InChI is InChI=1S/C10H13ClF3N3O/c1-6-9(11)8(17(2)16-6)3-7(18)4-15-5-10(12,13)14/h15H,3-5H2,1-2H3. The summed E-state index contributed by atoms with van der Waals surface area (Å²) in [6.45, 7) is 0.162. The summed E-state index contributed by atoms with van der Waals surface area (Å²) in [6, 6.07) is 0. The maximum absolute atomic E-state index is 11.9. The summed E-state index contributed by atoms with van der Waals surface area (Å²) in [5, 5.41) is 6.44. The van der Waals surface area contributed by atoms with E-state index >= 15 is 0 Å². The van der Waals surface area contributed by atoms with Crippen LogP contribution in [0.1, 0.15) is 11.4 Å². The molecule has 0 radical (unpaired) electrons. The Morgan fingerprint density at radius 1 is 1.50 bits per heavy atom. The highest BCUT2D eigenvalue weighted by Crippen LogP contribution is 2.19. The molecule has 0 fully saturated rings. The first-order chi connectivity index (χ1) is 8.20. The number of ketones is 1. The van der Waals surface area contributed by atoms with Crippen LogP contribution in [0, 0.1) is 6.92 Å². The lowest BCUT2D eigenvalue weighted by Crippen LogP contribution is -2.33. The van der Waals surface area contributed by atoms with Gasteiger partial charge in [0.25, 0.3) is 0 Å². The van der Waals surface area contributed by atoms with Crippen LogP contribution in [0.2, 0.25) is 5.02 Å². The first-order valence-corrected chi connectivity index (χ1v) is 5.55. The highest BCUT2D eigenvalue weighted by molar-refractivity contribution is 6.32. The molecule has 4 nitrogen and oxygen atoms in total. The highest BCUT2D eigenvalue weighted by atomic mass is 35.5. The number of carbonyl (C=O) groups excluding carboxylic acids is 1. The fourth-order valence-corrected chi connectivity index (χ4v) is 1.69. The number of hydrogen-bond acceptors (Lipinski definition) is 3. The van der Waals surface area contributed by atoms with E-state index in [4.69, 9.17) is 11.6 Å². The average molecular weight is 284 g/mol. The summed E-state index contributed by atoms with van der Waals surface area (Å²) in [6.07, 6.45) is -4.36. The summed E-state index contributed by atoms with van der Waals surface area (Å²) in [7, 11) is 1.63. The largest absolute Gasteiger partial charge is 0.401 e. The predicted molar refractivity (Wildman–Crippen MR) is 60.6 cm³/mol. The minimum absolute atomic E-state index is 0.0406. The fraction of sp³-hybridized carbons (Fsp3) is 0.600. The summed E-state index contributed by atoms with van der Waals surface area (Å²) >= 11 is 5.93. The van der Waals surface area contributed by atoms with Gasteiger partial charge in [-0.25, -0.2) is 0 Å². The molecule has 0 saturated carbocycles. The quantitative estimate of drug-likeness (QED) is 0.894. The van der Waals surface area contributed by atoms with Gasteiger partial charge in [0.15, 0.2) is 5.78 Å². The second kappa shape index (κ2) is 5.71. The van der Waals surface area contributed by atoms with E-state index in [1.165, 1.54) is 4.68 Å². The summed E-state index contributed by atoms with van der Waals surface area (Å²) < 4.78 is 37.0. The SMILES string of the molecule is Cc1nn(C)c(CC(=O)CNCC(F)(F)F)c1Cl. The summed E-state index contributed by atoms with van der Waals surface area (Å²) in [4.78, 5) is 11.5. The third-order valence-corrected chi connectivity index (χ3v) is 2.77. The van der Waals surface area contributed by atoms with Crippen LogP contribution in [0.3, 0.4) is 0 Å². The number of carbonyl (C=O) groups is 1. The van der Waals surface area contributed by atoms with Gasteiger partial charge in [0.05, 0.1) is 35.9 Å². The van der Waals surface area contributed by atoms with E-state index < -0.39 is 12.7 Å². The van der Waals surface area contributed by atoms with Crippen molar-refractivity contribution < 1.29 is 18.0 Å². The maximum atomic E-state index is 11.9. The first kappa shape index (κ1) is 15.0. The van der Waals surface area contributed by atoms with Crippen molar-refractivity contribution in [1.82, 2.24) is 15.1 Å². The van der Waals surface area contributed by atoms with Crippen molar-refractivity contribution in [2.24, 2.45) is 7.05 Å². The molecule has 0 aliphatic rings. The molecule has 0 aliphatic heterocycles. The molecule has 1 heterocycles. The van der Waals surface area contributed by atoms with Crippen LogP contribution in [0.25, 0.3) is 0 Å². The van der Waals surface area contributed by atoms with Crippen molar-refractivity contribution >= 4 is 17.4 Å². The van der Waals surface area contributed by atoms with E-state index in [0.29, 0.717) is 16.4 Å². The molecule has 0 spiro atoms. The number of hydrogen-bond donors (Lipinski definition) is 1. The van der Waals surface area contributed by atoms with Crippen molar-refractivity contribution in [1.29, 1.82) is 0 Å². The Hall–Kier alpha value is -1.08. The molecule has 0 saturated heterocycles. The lowest BCUT2D eigenvalue weighted by atomic mass is 10.2. The average Bonchev–Trinajstić information content (AvgIpc) is 2.43. The minimum atomic E-state index is -4.32. The smallest absolute Gasteiger partial charge is 0.302 e. The third-order valence-electron chi connectivity index (χ3n) is 2.27. The Labute approximate surface area is 107 Å². The van der Waals surface area contributed by atoms with Gasteiger partial charge in [0.2, 0.25) is 0 Å². The van der Waals surface area contributed by atoms with E-state index in [1.807, 2.05) is 5.32 Å². The minimum Gasteiger partial charge on any atom is -0.302 e. The molecule has 102 valence electrons. The molecule has 0 bridgehead atoms. The topological polar surface area (TPSA) is 46.9 Å². The van der Waals surface area contributed by atoms with E-state index in [1.54, 1.807) is 14.0 Å². The van der Waals surface area contributed by atoms with Gasteiger partial charge in [-0.1, -0.05) is 11.6 Å². The van der Waals surface area contributed by atoms with Crippen LogP contribution < -0.4 is 5.32 Å². The number of alkyl halides is 3. The number of halogens is 4. The zero-order valence-corrected chi connectivity index (χ0v) is 10.7. The molecule has 1 N–H and O–H groups in total. The number of nitrogens with one attached hydrogen (secondary N) is 1. The van der Waals surface area contributed by atoms with Gasteiger partial charge in [-0.2, -0.15) is 18.3 Å². The zero-order chi connectivity index (χ0) is 13.9. The molecule has 0 atom stereocenters. The van der Waals surface area contributed by atoms with Crippen molar-refractivity contribution in [2.75, 3.05) is 13.1 Å². The lowest BCUT2D eigenvalue weighted by molar-refractivity contribution is -0.127. The van der Waals surface area contributed by atoms with Crippen molar-refractivity contribution in [2.45, 2.75) is 19.5 Å². The molecule has 1 aromatic rings. The molecule has 0 amide bonds. The van der Waals surface area contributed by atoms with Crippen LogP contribution >= 0.6 is 11.6 Å². The van der Waals surface area contributed by atoms with Gasteiger partial charge in [-0.05, 0) is 6.92 Å². The molecule has 0 aliphatic carbocycles. The molecule has 1 rings (SSSR count). The molecular weight excluding hydrogens is 271 g/mol. The molecule has 8 heteroatoms. The number of nitrogens with zero attached hydrogens (tertiary/aromatic N) is 2. The number of Topliss-reactive ketones (excluding diaryl/α,β-unsaturated/α-hetero) is 1. The monoisotopic (exact) mass is 283 g/mol. The van der Waals surface area contributed by atoms with Crippen LogP contribution in [-0.4, -0.2) is 34.8 Å². The number of aromatic nitrogens is 2. The van der Waals surface area contributed by atoms with Crippen molar-refractivity contribution in [3.63, 3.8) is 0 Å². The molecule has 18 heavy (non-hydrogen) atoms. The highest BCUT2D eigenvalue weighted by Gasteiger charge is 2.26. The Morgan fingerprint density at radius 2 is 2.11 bits per heavy atom. The van der Waals surface area contributed by atoms with Crippen molar-refractivity contribution in [3.05, 3.63) is 16.4 Å². The van der Waals surface area contributed by atoms with Crippen molar-refractivity contribution in [3.8, 4) is 0 Å². The first-order valence-electron chi connectivity index (χ1n) is 5.18. The van der Waals surface area contributed by atoms with Gasteiger partial charge in [-0.3, -0.25) is 9.48 Å². The van der Waals surface area contributed by atoms with Gasteiger partial charge in [-0.15, -0.1) is 0 Å². The molecule has 0 aromatic carbocycles. The Kier molecular flexibility index (Phi) is 4.75. The second-order valence-corrected chi connectivity index (χ2v) is 4.28. The molecule has 0 unspecified atom stereocenters. The van der Waals surface area contributed by atoms with Gasteiger partial charge < -0.3 is 5.32 Å². The fourth-order valence-electron chi connectivity index (χ4n) is 1.47. The van der Waals surface area contributed by atoms with Gasteiger partial charge in [0.1, 0.15) is 0 Å². The normalized spacial score (nSPS) is 11.9. The van der Waals surface area contributed by atoms with Crippen LogP contribution in [0.5, 0.6) is 0 Å². The maximum Gasteiger partial charge on any atom is 0.401 e. The van der Waals surface area contributed by atoms with E-state index in [9.17, 15) is 18.0 Å². The third kappa shape index (κ3) is 4.30. The Bertz CT molecular complexity index is 442. The number of aryl methyl sites for hydroxylation is 2. The Morgan fingerprint density at radius 3 is 2.56 bits per heavy atom. The van der Waals surface area contributed by atoms with Gasteiger partial charge in [0, 0.05) is 7.05 Å². The second-order valence-electron chi connectivity index (χ2n) is 3.90. The molecular formula is C10H13ClF3N3O. The Balaban J connectivity index is 2.50. The lowest BCUT2D eigenvalue weighted by Gasteiger charge is -2.07. The summed E-state index contributed by atoms with van der Waals surface area (Å²) in [5.41, 5.74) is 1.10. The van der Waals surface area contributed by atoms with Crippen LogP contribution in [0.15, 0.2) is 0 Å². The summed E-state index contributed by atoms with van der Waals surface area (Å²) in [5.74, 6) is -0.371. The van der Waals surface area contributed by atoms with Gasteiger partial charge >= 0.3 is 6.18 Å².